The number of anilines is 1. The number of nitrogens with two attached hydrogens (primary N) is 1. The van der Waals surface area contributed by atoms with Crippen molar-refractivity contribution in [3.8, 4) is 0 Å². The van der Waals surface area contributed by atoms with Gasteiger partial charge in [-0.2, -0.15) is 8.42 Å². The van der Waals surface area contributed by atoms with E-state index < -0.39 is 10.2 Å². The molecule has 0 radical (unpaired) electrons. The molecule has 120 valence electrons. The number of para-hydroxylation sites is 1. The van der Waals surface area contributed by atoms with Crippen molar-refractivity contribution in [2.45, 2.75) is 18.9 Å². The lowest BCUT2D eigenvalue weighted by Gasteiger charge is -2.16. The third-order valence-electron chi connectivity index (χ3n) is 3.86. The Hall–Kier alpha value is -2.38. The molecule has 0 saturated carbocycles. The standard InChI is InChI=1S/C16H17N3O3S/c17-23(21,22)19-15-8-4-3-7-13(15)16(20)18-14-10-9-11-5-1-2-6-12(11)14/h1-8,14,19H,9-10H2,(H,18,20)(H2,17,21,22). The predicted molar refractivity (Wildman–Crippen MR) is 88.1 cm³/mol. The summed E-state index contributed by atoms with van der Waals surface area (Å²) in [6.07, 6.45) is 1.74. The van der Waals surface area contributed by atoms with Crippen molar-refractivity contribution in [2.75, 3.05) is 4.72 Å². The van der Waals surface area contributed by atoms with Gasteiger partial charge in [-0.15, -0.1) is 0 Å². The highest BCUT2D eigenvalue weighted by molar-refractivity contribution is 7.90. The van der Waals surface area contributed by atoms with Crippen molar-refractivity contribution in [1.29, 1.82) is 0 Å². The van der Waals surface area contributed by atoms with Crippen LogP contribution in [0.3, 0.4) is 0 Å². The number of amides is 1. The van der Waals surface area contributed by atoms with Crippen molar-refractivity contribution in [1.82, 2.24) is 5.32 Å². The number of aryl methyl sites for hydroxylation is 1. The van der Waals surface area contributed by atoms with E-state index in [1.807, 2.05) is 18.2 Å². The molecule has 1 atom stereocenters. The van der Waals surface area contributed by atoms with Crippen LogP contribution in [0.2, 0.25) is 0 Å². The molecular formula is C16H17N3O3S. The van der Waals surface area contributed by atoms with Crippen molar-refractivity contribution in [3.63, 3.8) is 0 Å². The van der Waals surface area contributed by atoms with Crippen molar-refractivity contribution >= 4 is 21.8 Å². The summed E-state index contributed by atoms with van der Waals surface area (Å²) in [5.74, 6) is -0.335. The van der Waals surface area contributed by atoms with Gasteiger partial charge in [0, 0.05) is 0 Å². The zero-order valence-corrected chi connectivity index (χ0v) is 13.1. The van der Waals surface area contributed by atoms with Crippen LogP contribution in [0.4, 0.5) is 5.69 Å². The second kappa shape index (κ2) is 6.02. The highest BCUT2D eigenvalue weighted by Gasteiger charge is 2.24. The molecule has 7 heteroatoms. The molecule has 2 aromatic carbocycles. The fourth-order valence-corrected chi connectivity index (χ4v) is 3.35. The number of carbonyl (C=O) groups is 1. The van der Waals surface area contributed by atoms with Crippen LogP contribution in [0.5, 0.6) is 0 Å². The quantitative estimate of drug-likeness (QED) is 0.795. The van der Waals surface area contributed by atoms with E-state index in [2.05, 4.69) is 16.1 Å². The van der Waals surface area contributed by atoms with Gasteiger partial charge in [0.15, 0.2) is 0 Å². The molecule has 6 nitrogen and oxygen atoms in total. The van der Waals surface area contributed by atoms with E-state index >= 15 is 0 Å². The molecule has 0 aromatic heterocycles. The van der Waals surface area contributed by atoms with Gasteiger partial charge in [0.2, 0.25) is 0 Å². The van der Waals surface area contributed by atoms with Crippen molar-refractivity contribution < 1.29 is 13.2 Å². The largest absolute Gasteiger partial charge is 0.345 e. The summed E-state index contributed by atoms with van der Waals surface area (Å²) in [5.41, 5.74) is 2.75. The molecule has 2 aromatic rings. The predicted octanol–water partition coefficient (Wildman–Crippen LogP) is 1.72. The number of hydrogen-bond donors (Lipinski definition) is 3. The molecule has 0 saturated heterocycles. The lowest BCUT2D eigenvalue weighted by Crippen LogP contribution is -2.29. The SMILES string of the molecule is NS(=O)(=O)Nc1ccccc1C(=O)NC1CCc2ccccc21. The van der Waals surface area contributed by atoms with Crippen LogP contribution in [0.15, 0.2) is 48.5 Å². The topological polar surface area (TPSA) is 101 Å². The van der Waals surface area contributed by atoms with E-state index in [1.54, 1.807) is 18.2 Å². The first-order valence-electron chi connectivity index (χ1n) is 7.22. The smallest absolute Gasteiger partial charge is 0.296 e. The lowest BCUT2D eigenvalue weighted by molar-refractivity contribution is 0.0937. The highest BCUT2D eigenvalue weighted by atomic mass is 32.2. The molecule has 23 heavy (non-hydrogen) atoms. The van der Waals surface area contributed by atoms with Gasteiger partial charge >= 0.3 is 0 Å². The average Bonchev–Trinajstić information content (AvgIpc) is 2.89. The summed E-state index contributed by atoms with van der Waals surface area (Å²) in [4.78, 5) is 12.5. The second-order valence-corrected chi connectivity index (χ2v) is 6.75. The van der Waals surface area contributed by atoms with E-state index in [9.17, 15) is 13.2 Å². The van der Waals surface area contributed by atoms with E-state index in [-0.39, 0.29) is 23.2 Å². The van der Waals surface area contributed by atoms with Gasteiger partial charge in [-0.05, 0) is 36.1 Å². The minimum atomic E-state index is -3.94. The number of hydrogen-bond acceptors (Lipinski definition) is 3. The Morgan fingerprint density at radius 1 is 1.09 bits per heavy atom. The molecular weight excluding hydrogens is 314 g/mol. The number of rotatable bonds is 4. The van der Waals surface area contributed by atoms with Gasteiger partial charge in [-0.3, -0.25) is 9.52 Å². The Morgan fingerprint density at radius 3 is 2.57 bits per heavy atom. The van der Waals surface area contributed by atoms with Crippen LogP contribution in [-0.2, 0) is 16.6 Å². The molecule has 1 aliphatic carbocycles. The molecule has 0 aliphatic heterocycles. The first-order valence-corrected chi connectivity index (χ1v) is 8.77. The average molecular weight is 331 g/mol. The summed E-state index contributed by atoms with van der Waals surface area (Å²) in [6, 6.07) is 14.3. The third kappa shape index (κ3) is 3.52. The van der Waals surface area contributed by atoms with Gasteiger partial charge in [0.25, 0.3) is 16.1 Å². The third-order valence-corrected chi connectivity index (χ3v) is 4.37. The fraction of sp³-hybridized carbons (Fsp3) is 0.188. The molecule has 0 bridgehead atoms. The Bertz CT molecular complexity index is 849. The van der Waals surface area contributed by atoms with Gasteiger partial charge in [-0.25, -0.2) is 5.14 Å². The summed E-state index contributed by atoms with van der Waals surface area (Å²) in [6.45, 7) is 0. The maximum atomic E-state index is 12.5. The Balaban J connectivity index is 1.83. The van der Waals surface area contributed by atoms with E-state index in [1.165, 1.54) is 11.6 Å². The fourth-order valence-electron chi connectivity index (χ4n) is 2.87. The van der Waals surface area contributed by atoms with Crippen LogP contribution in [0.1, 0.15) is 33.9 Å². The van der Waals surface area contributed by atoms with Gasteiger partial charge in [-0.1, -0.05) is 36.4 Å². The number of fused-ring (bicyclic) bond motifs is 1. The molecule has 3 rings (SSSR count). The first kappa shape index (κ1) is 15.5. The minimum Gasteiger partial charge on any atom is -0.345 e. The van der Waals surface area contributed by atoms with Crippen LogP contribution in [-0.4, -0.2) is 14.3 Å². The van der Waals surface area contributed by atoms with Crippen molar-refractivity contribution in [3.05, 3.63) is 65.2 Å². The molecule has 1 unspecified atom stereocenters. The monoisotopic (exact) mass is 331 g/mol. The van der Waals surface area contributed by atoms with Crippen LogP contribution in [0.25, 0.3) is 0 Å². The Kier molecular flexibility index (Phi) is 4.06. The normalized spacial score (nSPS) is 16.7. The zero-order valence-electron chi connectivity index (χ0n) is 12.3. The summed E-state index contributed by atoms with van der Waals surface area (Å²) in [5, 5.41) is 7.96. The number of nitrogens with one attached hydrogen (secondary N) is 2. The lowest BCUT2D eigenvalue weighted by atomic mass is 10.1. The number of benzene rings is 2. The van der Waals surface area contributed by atoms with Gasteiger partial charge in [0.05, 0.1) is 17.3 Å². The zero-order chi connectivity index (χ0) is 16.4. The second-order valence-electron chi connectivity index (χ2n) is 5.46. The summed E-state index contributed by atoms with van der Waals surface area (Å²) >= 11 is 0. The van der Waals surface area contributed by atoms with E-state index in [0.29, 0.717) is 0 Å². The molecule has 1 amide bonds. The van der Waals surface area contributed by atoms with Crippen LogP contribution in [0, 0.1) is 0 Å². The van der Waals surface area contributed by atoms with Crippen molar-refractivity contribution in [2.24, 2.45) is 5.14 Å². The van der Waals surface area contributed by atoms with E-state index in [0.717, 1.165) is 18.4 Å². The molecule has 0 heterocycles. The maximum absolute atomic E-state index is 12.5. The highest BCUT2D eigenvalue weighted by Crippen LogP contribution is 2.31. The summed E-state index contributed by atoms with van der Waals surface area (Å²) in [7, 11) is -3.94. The molecule has 1 aliphatic rings. The van der Waals surface area contributed by atoms with Crippen LogP contribution < -0.4 is 15.2 Å². The van der Waals surface area contributed by atoms with E-state index in [4.69, 9.17) is 5.14 Å². The molecule has 0 fully saturated rings. The van der Waals surface area contributed by atoms with Crippen LogP contribution >= 0.6 is 0 Å². The van der Waals surface area contributed by atoms with Gasteiger partial charge in [0.1, 0.15) is 0 Å². The first-order chi connectivity index (χ1) is 10.9. The molecule has 4 N–H and O–H groups in total. The molecule has 0 spiro atoms. The summed E-state index contributed by atoms with van der Waals surface area (Å²) < 4.78 is 24.6. The Labute approximate surface area is 134 Å². The Morgan fingerprint density at radius 2 is 1.78 bits per heavy atom. The minimum absolute atomic E-state index is 0.0683. The maximum Gasteiger partial charge on any atom is 0.296 e. The van der Waals surface area contributed by atoms with Gasteiger partial charge < -0.3 is 5.32 Å². The number of carbonyl (C=O) groups excluding carboxylic acids is 1.